The quantitative estimate of drug-likeness (QED) is 0.901. The van der Waals surface area contributed by atoms with Crippen LogP contribution in [0.1, 0.15) is 30.4 Å². The van der Waals surface area contributed by atoms with Gasteiger partial charge >= 0.3 is 6.18 Å². The summed E-state index contributed by atoms with van der Waals surface area (Å²) in [7, 11) is 0. The smallest absolute Gasteiger partial charge is 0.340 e. The summed E-state index contributed by atoms with van der Waals surface area (Å²) in [6, 6.07) is 5.78. The van der Waals surface area contributed by atoms with Crippen LogP contribution in [0.5, 0.6) is 0 Å². The van der Waals surface area contributed by atoms with E-state index in [2.05, 4.69) is 10.2 Å². The first-order valence-electron chi connectivity index (χ1n) is 8.81. The van der Waals surface area contributed by atoms with Crippen LogP contribution < -0.4 is 5.32 Å². The summed E-state index contributed by atoms with van der Waals surface area (Å²) in [5.74, 6) is 0.179. The van der Waals surface area contributed by atoms with Gasteiger partial charge in [-0.25, -0.2) is 0 Å². The fourth-order valence-electron chi connectivity index (χ4n) is 3.53. The molecular weight excluding hydrogens is 331 g/mol. The number of nitrogens with one attached hydrogen (secondary N) is 1. The number of benzene rings is 1. The summed E-state index contributed by atoms with van der Waals surface area (Å²) in [6.07, 6.45) is -1.58. The predicted octanol–water partition coefficient (Wildman–Crippen LogP) is 2.49. The van der Waals surface area contributed by atoms with Gasteiger partial charge in [0.1, 0.15) is 0 Å². The number of hydrogen-bond acceptors (Lipinski definition) is 3. The lowest BCUT2D eigenvalue weighted by atomic mass is 10.1. The number of hydrogen-bond donors (Lipinski definition) is 1. The van der Waals surface area contributed by atoms with E-state index >= 15 is 0 Å². The van der Waals surface area contributed by atoms with E-state index in [9.17, 15) is 18.0 Å². The zero-order chi connectivity index (χ0) is 17.9. The van der Waals surface area contributed by atoms with Crippen molar-refractivity contribution in [3.05, 3.63) is 35.4 Å². The van der Waals surface area contributed by atoms with Crippen LogP contribution >= 0.6 is 0 Å². The molecular formula is C18H24F3N3O. The van der Waals surface area contributed by atoms with Gasteiger partial charge in [0, 0.05) is 45.2 Å². The summed E-state index contributed by atoms with van der Waals surface area (Å²) < 4.78 is 38.4. The molecule has 1 amide bonds. The Morgan fingerprint density at radius 3 is 2.60 bits per heavy atom. The molecule has 0 aliphatic carbocycles. The topological polar surface area (TPSA) is 35.6 Å². The summed E-state index contributed by atoms with van der Waals surface area (Å²) in [5, 5.41) is 3.34. The molecule has 2 saturated heterocycles. The van der Waals surface area contributed by atoms with E-state index in [0.29, 0.717) is 50.7 Å². The Morgan fingerprint density at radius 2 is 1.96 bits per heavy atom. The van der Waals surface area contributed by atoms with Crippen molar-refractivity contribution in [3.63, 3.8) is 0 Å². The van der Waals surface area contributed by atoms with E-state index in [4.69, 9.17) is 0 Å². The molecule has 2 fully saturated rings. The summed E-state index contributed by atoms with van der Waals surface area (Å²) in [4.78, 5) is 16.3. The Morgan fingerprint density at radius 1 is 1.20 bits per heavy atom. The molecule has 1 atom stereocenters. The number of nitrogens with zero attached hydrogens (tertiary/aromatic N) is 2. The van der Waals surface area contributed by atoms with Crippen LogP contribution in [0.4, 0.5) is 13.2 Å². The third-order valence-electron chi connectivity index (χ3n) is 4.97. The van der Waals surface area contributed by atoms with Gasteiger partial charge in [-0.15, -0.1) is 0 Å². The highest BCUT2D eigenvalue weighted by atomic mass is 19.4. The fourth-order valence-corrected chi connectivity index (χ4v) is 3.53. The second kappa shape index (κ2) is 7.74. The molecule has 1 unspecified atom stereocenters. The molecule has 1 aromatic rings. The highest BCUT2D eigenvalue weighted by molar-refractivity contribution is 5.77. The molecule has 2 aliphatic heterocycles. The Bertz CT molecular complexity index is 591. The minimum atomic E-state index is -4.31. The van der Waals surface area contributed by atoms with Crippen molar-refractivity contribution in [2.75, 3.05) is 32.7 Å². The van der Waals surface area contributed by atoms with Crippen LogP contribution in [0.15, 0.2) is 24.3 Å². The molecule has 138 valence electrons. The summed E-state index contributed by atoms with van der Waals surface area (Å²) >= 11 is 0. The third kappa shape index (κ3) is 4.95. The monoisotopic (exact) mass is 355 g/mol. The Labute approximate surface area is 146 Å². The van der Waals surface area contributed by atoms with Gasteiger partial charge in [-0.2, -0.15) is 13.2 Å². The van der Waals surface area contributed by atoms with Gasteiger partial charge in [0.2, 0.25) is 5.91 Å². The van der Waals surface area contributed by atoms with Crippen LogP contribution in [0.2, 0.25) is 0 Å². The van der Waals surface area contributed by atoms with E-state index in [1.807, 2.05) is 4.90 Å². The molecule has 0 radical (unpaired) electrons. The molecule has 0 bridgehead atoms. The van der Waals surface area contributed by atoms with Crippen molar-refractivity contribution in [2.45, 2.75) is 38.0 Å². The maximum Gasteiger partial charge on any atom is 0.416 e. The van der Waals surface area contributed by atoms with E-state index in [1.165, 1.54) is 12.1 Å². The molecule has 1 N–H and O–H groups in total. The minimum Gasteiger partial charge on any atom is -0.340 e. The third-order valence-corrected chi connectivity index (χ3v) is 4.97. The SMILES string of the molecule is O=C(CC1CCCN1)N1CCN(Cc2cccc(C(F)(F)F)c2)CC1. The number of amides is 1. The Balaban J connectivity index is 1.48. The van der Waals surface area contributed by atoms with Gasteiger partial charge < -0.3 is 10.2 Å². The fraction of sp³-hybridized carbons (Fsp3) is 0.611. The number of carbonyl (C=O) groups is 1. The second-order valence-electron chi connectivity index (χ2n) is 6.85. The van der Waals surface area contributed by atoms with E-state index in [1.54, 1.807) is 6.07 Å². The number of carbonyl (C=O) groups excluding carboxylic acids is 1. The number of piperazine rings is 1. The lowest BCUT2D eigenvalue weighted by Gasteiger charge is -2.35. The molecule has 2 aliphatic rings. The normalized spacial score (nSPS) is 22.4. The molecule has 0 saturated carbocycles. The van der Waals surface area contributed by atoms with Crippen LogP contribution in [0.25, 0.3) is 0 Å². The lowest BCUT2D eigenvalue weighted by Crippen LogP contribution is -2.49. The Kier molecular flexibility index (Phi) is 5.64. The highest BCUT2D eigenvalue weighted by Gasteiger charge is 2.30. The number of halogens is 3. The molecule has 0 aromatic heterocycles. The number of rotatable bonds is 4. The summed E-state index contributed by atoms with van der Waals surface area (Å²) in [5.41, 5.74) is 0.0487. The van der Waals surface area contributed by atoms with Crippen molar-refractivity contribution in [1.29, 1.82) is 0 Å². The molecule has 4 nitrogen and oxygen atoms in total. The van der Waals surface area contributed by atoms with Crippen molar-refractivity contribution in [1.82, 2.24) is 15.1 Å². The lowest BCUT2D eigenvalue weighted by molar-refractivity contribution is -0.137. The zero-order valence-corrected chi connectivity index (χ0v) is 14.2. The van der Waals surface area contributed by atoms with E-state index in [-0.39, 0.29) is 5.91 Å². The van der Waals surface area contributed by atoms with Gasteiger partial charge in [-0.3, -0.25) is 9.69 Å². The van der Waals surface area contributed by atoms with Crippen LogP contribution in [0.3, 0.4) is 0 Å². The van der Waals surface area contributed by atoms with Gasteiger partial charge in [-0.05, 0) is 31.0 Å². The molecule has 0 spiro atoms. The minimum absolute atomic E-state index is 0.179. The largest absolute Gasteiger partial charge is 0.416 e. The molecule has 25 heavy (non-hydrogen) atoms. The van der Waals surface area contributed by atoms with Crippen molar-refractivity contribution in [3.8, 4) is 0 Å². The van der Waals surface area contributed by atoms with Crippen LogP contribution in [-0.4, -0.2) is 54.5 Å². The standard InChI is InChI=1S/C18H24F3N3O/c19-18(20,21)15-4-1-3-14(11-15)13-23-7-9-24(10-8-23)17(25)12-16-5-2-6-22-16/h1,3-4,11,16,22H,2,5-10,12-13H2. The maximum atomic E-state index is 12.8. The summed E-state index contributed by atoms with van der Waals surface area (Å²) in [6.45, 7) is 4.15. The van der Waals surface area contributed by atoms with Crippen molar-refractivity contribution in [2.24, 2.45) is 0 Å². The average molecular weight is 355 g/mol. The second-order valence-corrected chi connectivity index (χ2v) is 6.85. The van der Waals surface area contributed by atoms with Gasteiger partial charge in [-0.1, -0.05) is 18.2 Å². The average Bonchev–Trinajstić information content (AvgIpc) is 3.08. The number of alkyl halides is 3. The molecule has 3 rings (SSSR count). The predicted molar refractivity (Wildman–Crippen MR) is 88.9 cm³/mol. The molecule has 2 heterocycles. The van der Waals surface area contributed by atoms with Crippen molar-refractivity contribution < 1.29 is 18.0 Å². The van der Waals surface area contributed by atoms with Crippen molar-refractivity contribution >= 4 is 5.91 Å². The molecule has 7 heteroatoms. The van der Waals surface area contributed by atoms with E-state index < -0.39 is 11.7 Å². The van der Waals surface area contributed by atoms with Crippen LogP contribution in [0, 0.1) is 0 Å². The Hall–Kier alpha value is -1.60. The first kappa shape index (κ1) is 18.2. The zero-order valence-electron chi connectivity index (χ0n) is 14.2. The molecule has 1 aromatic carbocycles. The van der Waals surface area contributed by atoms with Gasteiger partial charge in [0.15, 0.2) is 0 Å². The van der Waals surface area contributed by atoms with E-state index in [0.717, 1.165) is 25.5 Å². The first-order chi connectivity index (χ1) is 11.9. The first-order valence-corrected chi connectivity index (χ1v) is 8.81. The van der Waals surface area contributed by atoms with Crippen LogP contribution in [-0.2, 0) is 17.5 Å². The van der Waals surface area contributed by atoms with Gasteiger partial charge in [0.05, 0.1) is 5.56 Å². The van der Waals surface area contributed by atoms with Gasteiger partial charge in [0.25, 0.3) is 0 Å². The maximum absolute atomic E-state index is 12.8. The highest BCUT2D eigenvalue weighted by Crippen LogP contribution is 2.29.